The molecule has 0 aliphatic rings. The summed E-state index contributed by atoms with van der Waals surface area (Å²) < 4.78 is 31.5. The van der Waals surface area contributed by atoms with Gasteiger partial charge in [-0.25, -0.2) is 0 Å². The summed E-state index contributed by atoms with van der Waals surface area (Å²) in [5.74, 6) is 0. The van der Waals surface area contributed by atoms with Gasteiger partial charge in [-0.1, -0.05) is 0 Å². The zero-order valence-corrected chi connectivity index (χ0v) is 14.2. The Morgan fingerprint density at radius 1 is 0.652 bits per heavy atom. The van der Waals surface area contributed by atoms with Gasteiger partial charge in [-0.3, -0.25) is 0 Å². The predicted octanol–water partition coefficient (Wildman–Crippen LogP) is 2.72. The minimum atomic E-state index is -5.06. The molecule has 3 rings (SSSR count). The van der Waals surface area contributed by atoms with Gasteiger partial charge in [0.1, 0.15) is 0 Å². The predicted molar refractivity (Wildman–Crippen MR) is 91.6 cm³/mol. The summed E-state index contributed by atoms with van der Waals surface area (Å²) in [5, 5.41) is 0. The number of nitrogens with zero attached hydrogens (tertiary/aromatic N) is 1. The van der Waals surface area contributed by atoms with Gasteiger partial charge in [-0.15, -0.1) is 0 Å². The van der Waals surface area contributed by atoms with Gasteiger partial charge in [0.05, 0.1) is 0 Å². The van der Waals surface area contributed by atoms with E-state index in [-0.39, 0.29) is 4.35 Å². The van der Waals surface area contributed by atoms with Crippen molar-refractivity contribution in [1.29, 1.82) is 0 Å². The Bertz CT molecular complexity index is 792. The molecule has 0 heterocycles. The van der Waals surface area contributed by atoms with Crippen molar-refractivity contribution in [2.75, 3.05) is 4.90 Å². The van der Waals surface area contributed by atoms with Crippen LogP contribution in [-0.4, -0.2) is 22.4 Å². The molecule has 0 aliphatic heterocycles. The Morgan fingerprint density at radius 2 is 1.09 bits per heavy atom. The van der Waals surface area contributed by atoms with E-state index in [1.165, 1.54) is 6.07 Å². The average Bonchev–Trinajstić information content (AvgIpc) is 2.57. The van der Waals surface area contributed by atoms with Gasteiger partial charge < -0.3 is 0 Å². The van der Waals surface area contributed by atoms with Crippen LogP contribution in [0.25, 0.3) is 0 Å². The maximum absolute atomic E-state index is 11.9. The second kappa shape index (κ2) is 6.47. The van der Waals surface area contributed by atoms with Gasteiger partial charge in [-0.05, 0) is 0 Å². The van der Waals surface area contributed by atoms with Crippen LogP contribution in [0.1, 0.15) is 0 Å². The summed E-state index contributed by atoms with van der Waals surface area (Å²) in [6.45, 7) is 0. The van der Waals surface area contributed by atoms with Crippen molar-refractivity contribution in [3.63, 3.8) is 0 Å². The Morgan fingerprint density at radius 3 is 1.57 bits per heavy atom. The molecule has 0 bridgehead atoms. The molecule has 4 nitrogen and oxygen atoms in total. The molecule has 0 saturated heterocycles. The van der Waals surface area contributed by atoms with Crippen molar-refractivity contribution in [3.8, 4) is 0 Å². The van der Waals surface area contributed by atoms with E-state index in [0.717, 1.165) is 11.4 Å². The molecule has 0 amide bonds. The van der Waals surface area contributed by atoms with Crippen LogP contribution in [0.2, 0.25) is 0 Å². The topological polar surface area (TPSA) is 60.8 Å². The Kier molecular flexibility index (Phi) is 4.39. The van der Waals surface area contributed by atoms with Crippen LogP contribution in [0.15, 0.2) is 84.9 Å². The third-order valence-electron chi connectivity index (χ3n) is 3.47. The number of anilines is 3. The Balaban J connectivity index is 2.24. The molecular weight excluding hydrogens is 353 g/mol. The second-order valence-corrected chi connectivity index (χ2v) is 8.33. The molecule has 0 atom stereocenters. The molecule has 0 unspecified atom stereocenters. The zero-order chi connectivity index (χ0) is 16.3. The van der Waals surface area contributed by atoms with Crippen molar-refractivity contribution in [2.45, 2.75) is 0 Å². The van der Waals surface area contributed by atoms with Gasteiger partial charge in [0, 0.05) is 0 Å². The van der Waals surface area contributed by atoms with Crippen LogP contribution < -0.4 is 9.25 Å². The SMILES string of the molecule is O=[As](O)(O)c1ccccc1N(c1ccccc1)c1ccccc1. The molecule has 23 heavy (non-hydrogen) atoms. The normalized spacial score (nSPS) is 11.2. The first kappa shape index (κ1) is 15.6. The number of hydrogen-bond acceptors (Lipinski definition) is 2. The minimum absolute atomic E-state index is 0.0679. The zero-order valence-electron chi connectivity index (χ0n) is 12.3. The summed E-state index contributed by atoms with van der Waals surface area (Å²) in [4.78, 5) is 1.86. The fraction of sp³-hybridized carbons (Fsp3) is 0. The molecule has 0 radical (unpaired) electrons. The number of hydrogen-bond donors (Lipinski definition) is 2. The van der Waals surface area contributed by atoms with Crippen LogP contribution in [-0.2, 0) is 3.74 Å². The van der Waals surface area contributed by atoms with E-state index >= 15 is 0 Å². The first-order valence-electron chi connectivity index (χ1n) is 7.13. The van der Waals surface area contributed by atoms with Crippen molar-refractivity contribution < 1.29 is 11.9 Å². The quantitative estimate of drug-likeness (QED) is 0.695. The van der Waals surface area contributed by atoms with Crippen LogP contribution in [0.5, 0.6) is 0 Å². The molecule has 0 saturated carbocycles. The van der Waals surface area contributed by atoms with Gasteiger partial charge in [-0.2, -0.15) is 0 Å². The summed E-state index contributed by atoms with van der Waals surface area (Å²) in [7, 11) is 0. The molecule has 3 aromatic carbocycles. The molecule has 5 heteroatoms. The van der Waals surface area contributed by atoms with Gasteiger partial charge in [0.25, 0.3) is 0 Å². The van der Waals surface area contributed by atoms with E-state index in [4.69, 9.17) is 0 Å². The van der Waals surface area contributed by atoms with Crippen molar-refractivity contribution in [3.05, 3.63) is 84.9 Å². The molecule has 3 aromatic rings. The van der Waals surface area contributed by atoms with E-state index < -0.39 is 14.2 Å². The van der Waals surface area contributed by atoms with Crippen molar-refractivity contribution >= 4 is 35.6 Å². The fourth-order valence-electron chi connectivity index (χ4n) is 2.48. The number of para-hydroxylation sites is 3. The van der Waals surface area contributed by atoms with Crippen LogP contribution >= 0.6 is 0 Å². The van der Waals surface area contributed by atoms with E-state index in [9.17, 15) is 11.9 Å². The molecule has 0 fully saturated rings. The Hall–Kier alpha value is -2.26. The third-order valence-corrected chi connectivity index (χ3v) is 5.58. The van der Waals surface area contributed by atoms with Crippen LogP contribution in [0.4, 0.5) is 17.1 Å². The molecule has 116 valence electrons. The molecule has 0 aliphatic carbocycles. The third kappa shape index (κ3) is 3.40. The number of rotatable bonds is 4. The van der Waals surface area contributed by atoms with E-state index in [1.54, 1.807) is 18.2 Å². The Labute approximate surface area is 137 Å². The summed E-state index contributed by atoms with van der Waals surface area (Å²) in [6, 6.07) is 25.7. The molecule has 2 N–H and O–H groups in total. The molecular formula is C18H16AsNO3. The standard InChI is InChI=1S/C18H16AsNO3/c21-19(22,23)17-13-7-8-14-18(17)20(15-9-3-1-4-10-15)16-11-5-2-6-12-16/h1-14H,(H2,21,22,23). The second-order valence-electron chi connectivity index (χ2n) is 5.04. The first-order valence-corrected chi connectivity index (χ1v) is 10.5. The number of benzene rings is 3. The molecule has 0 spiro atoms. The summed E-state index contributed by atoms with van der Waals surface area (Å²) >= 11 is -5.06. The maximum atomic E-state index is 11.9. The summed E-state index contributed by atoms with van der Waals surface area (Å²) in [5.41, 5.74) is 2.18. The fourth-order valence-corrected chi connectivity index (χ4v) is 4.06. The van der Waals surface area contributed by atoms with E-state index in [1.807, 2.05) is 65.6 Å². The van der Waals surface area contributed by atoms with Gasteiger partial charge >= 0.3 is 137 Å². The first-order chi connectivity index (χ1) is 11.1. The molecule has 0 aromatic heterocycles. The van der Waals surface area contributed by atoms with Crippen molar-refractivity contribution in [2.24, 2.45) is 0 Å². The van der Waals surface area contributed by atoms with E-state index in [0.29, 0.717) is 5.69 Å². The van der Waals surface area contributed by atoms with Gasteiger partial charge in [0.15, 0.2) is 0 Å². The average molecular weight is 369 g/mol. The monoisotopic (exact) mass is 369 g/mol. The van der Waals surface area contributed by atoms with E-state index in [2.05, 4.69) is 0 Å². The van der Waals surface area contributed by atoms with Gasteiger partial charge in [0.2, 0.25) is 0 Å². The summed E-state index contributed by atoms with van der Waals surface area (Å²) in [6.07, 6.45) is 0. The van der Waals surface area contributed by atoms with Crippen LogP contribution in [0, 0.1) is 0 Å². The van der Waals surface area contributed by atoms with Crippen LogP contribution in [0.3, 0.4) is 0 Å². The van der Waals surface area contributed by atoms with Crippen molar-refractivity contribution in [1.82, 2.24) is 0 Å².